The Morgan fingerprint density at radius 3 is 2.68 bits per heavy atom. The van der Waals surface area contributed by atoms with E-state index in [9.17, 15) is 4.79 Å². The van der Waals surface area contributed by atoms with E-state index in [-0.39, 0.29) is 22.6 Å². The molecule has 1 heterocycles. The second-order valence-corrected chi connectivity index (χ2v) is 8.24. The van der Waals surface area contributed by atoms with Gasteiger partial charge in [-0.15, -0.1) is 0 Å². The molecule has 0 aliphatic carbocycles. The molecule has 0 bridgehead atoms. The van der Waals surface area contributed by atoms with Crippen molar-refractivity contribution in [3.05, 3.63) is 0 Å². The molecule has 1 amide bonds. The van der Waals surface area contributed by atoms with Crippen LogP contribution in [0.15, 0.2) is 4.99 Å². The van der Waals surface area contributed by atoms with E-state index < -0.39 is 0 Å². The van der Waals surface area contributed by atoms with Crippen molar-refractivity contribution in [3.63, 3.8) is 0 Å². The lowest BCUT2D eigenvalue weighted by Gasteiger charge is -2.22. The van der Waals surface area contributed by atoms with Gasteiger partial charge in [-0.1, -0.05) is 13.8 Å². The molecule has 0 spiro atoms. The zero-order valence-electron chi connectivity index (χ0n) is 14.9. The second-order valence-electron chi connectivity index (χ2n) is 6.73. The van der Waals surface area contributed by atoms with Gasteiger partial charge in [-0.05, 0) is 33.4 Å². The fourth-order valence-corrected chi connectivity index (χ4v) is 2.48. The number of thioether (sulfide) groups is 1. The van der Waals surface area contributed by atoms with Crippen molar-refractivity contribution in [2.45, 2.75) is 51.8 Å². The molecule has 0 aromatic carbocycles. The minimum atomic E-state index is 0.0723. The molecule has 0 saturated carbocycles. The molecule has 1 rings (SSSR count). The van der Waals surface area contributed by atoms with Gasteiger partial charge in [0.2, 0.25) is 5.91 Å². The number of guanidine groups is 1. The molecular formula is C16H32N4OS. The van der Waals surface area contributed by atoms with Crippen molar-refractivity contribution in [1.29, 1.82) is 0 Å². The fourth-order valence-electron chi connectivity index (χ4n) is 2.29. The lowest BCUT2D eigenvalue weighted by atomic mass is 10.2. The minimum absolute atomic E-state index is 0.0723. The Balaban J connectivity index is 2.58. The molecule has 5 nitrogen and oxygen atoms in total. The number of hydrogen-bond acceptors (Lipinski definition) is 3. The van der Waals surface area contributed by atoms with Crippen molar-refractivity contribution in [1.82, 2.24) is 15.5 Å². The second kappa shape index (κ2) is 8.65. The Kier molecular flexibility index (Phi) is 7.53. The summed E-state index contributed by atoms with van der Waals surface area (Å²) in [6, 6.07) is 0.290. The minimum Gasteiger partial charge on any atom is -0.357 e. The summed E-state index contributed by atoms with van der Waals surface area (Å²) in [6.45, 7) is 13.6. The molecule has 0 aromatic heterocycles. The first-order valence-electron chi connectivity index (χ1n) is 8.18. The maximum absolute atomic E-state index is 12.0. The van der Waals surface area contributed by atoms with Gasteiger partial charge in [0.25, 0.3) is 0 Å². The third-order valence-electron chi connectivity index (χ3n) is 3.85. The highest BCUT2D eigenvalue weighted by atomic mass is 32.2. The van der Waals surface area contributed by atoms with Crippen molar-refractivity contribution in [2.24, 2.45) is 10.9 Å². The van der Waals surface area contributed by atoms with E-state index in [1.54, 1.807) is 0 Å². The van der Waals surface area contributed by atoms with Crippen LogP contribution in [0.2, 0.25) is 0 Å². The van der Waals surface area contributed by atoms with Gasteiger partial charge < -0.3 is 15.5 Å². The topological polar surface area (TPSA) is 56.7 Å². The predicted molar refractivity (Wildman–Crippen MR) is 96.5 cm³/mol. The van der Waals surface area contributed by atoms with Crippen LogP contribution < -0.4 is 10.6 Å². The molecule has 2 N–H and O–H groups in total. The molecule has 1 saturated heterocycles. The van der Waals surface area contributed by atoms with E-state index in [1.165, 1.54) is 0 Å². The first-order valence-corrected chi connectivity index (χ1v) is 9.40. The molecule has 6 heteroatoms. The van der Waals surface area contributed by atoms with Crippen LogP contribution in [0.1, 0.15) is 41.0 Å². The molecule has 0 aromatic rings. The standard InChI is InChI=1S/C16H32N4OS/c1-7-17-15(18-11-16(4,5)22-6)19-13-8-9-20(10-13)14(21)12(2)3/h12-13H,7-11H2,1-6H3,(H2,17,18,19). The Morgan fingerprint density at radius 1 is 1.45 bits per heavy atom. The smallest absolute Gasteiger partial charge is 0.225 e. The zero-order chi connectivity index (χ0) is 16.8. The van der Waals surface area contributed by atoms with Gasteiger partial charge in [-0.2, -0.15) is 11.8 Å². The summed E-state index contributed by atoms with van der Waals surface area (Å²) in [7, 11) is 0. The number of hydrogen-bond donors (Lipinski definition) is 2. The van der Waals surface area contributed by atoms with Crippen molar-refractivity contribution in [2.75, 3.05) is 32.4 Å². The zero-order valence-corrected chi connectivity index (χ0v) is 15.7. The number of carbonyl (C=O) groups excluding carboxylic acids is 1. The molecule has 1 atom stereocenters. The van der Waals surface area contributed by atoms with Gasteiger partial charge in [0.05, 0.1) is 6.54 Å². The Hall–Kier alpha value is -0.910. The maximum Gasteiger partial charge on any atom is 0.225 e. The van der Waals surface area contributed by atoms with Gasteiger partial charge in [0.1, 0.15) is 0 Å². The normalized spacial score (nSPS) is 19.7. The van der Waals surface area contributed by atoms with Crippen LogP contribution in [0.25, 0.3) is 0 Å². The first-order chi connectivity index (χ1) is 10.3. The van der Waals surface area contributed by atoms with Crippen LogP contribution in [0.5, 0.6) is 0 Å². The van der Waals surface area contributed by atoms with E-state index in [1.807, 2.05) is 30.5 Å². The summed E-state index contributed by atoms with van der Waals surface area (Å²) in [5.74, 6) is 1.17. The Bertz CT molecular complexity index is 396. The Labute approximate surface area is 139 Å². The molecule has 0 radical (unpaired) electrons. The largest absolute Gasteiger partial charge is 0.357 e. The number of amides is 1. The van der Waals surface area contributed by atoms with Gasteiger partial charge >= 0.3 is 0 Å². The van der Waals surface area contributed by atoms with E-state index in [0.717, 1.165) is 38.6 Å². The van der Waals surface area contributed by atoms with Crippen LogP contribution in [-0.2, 0) is 4.79 Å². The number of nitrogens with one attached hydrogen (secondary N) is 2. The van der Waals surface area contributed by atoms with Crippen LogP contribution in [0.4, 0.5) is 0 Å². The quantitative estimate of drug-likeness (QED) is 0.578. The highest BCUT2D eigenvalue weighted by Gasteiger charge is 2.28. The van der Waals surface area contributed by atoms with Crippen LogP contribution >= 0.6 is 11.8 Å². The summed E-state index contributed by atoms with van der Waals surface area (Å²) >= 11 is 1.82. The van der Waals surface area contributed by atoms with Crippen molar-refractivity contribution in [3.8, 4) is 0 Å². The molecule has 128 valence electrons. The van der Waals surface area contributed by atoms with E-state index in [4.69, 9.17) is 4.99 Å². The number of carbonyl (C=O) groups is 1. The monoisotopic (exact) mass is 328 g/mol. The van der Waals surface area contributed by atoms with Crippen molar-refractivity contribution < 1.29 is 4.79 Å². The highest BCUT2D eigenvalue weighted by Crippen LogP contribution is 2.21. The SMILES string of the molecule is CCNC(=NCC(C)(C)SC)NC1CCN(C(=O)C(C)C)C1. The van der Waals surface area contributed by atoms with E-state index >= 15 is 0 Å². The van der Waals surface area contributed by atoms with Crippen LogP contribution in [0.3, 0.4) is 0 Å². The molecule has 1 aliphatic rings. The van der Waals surface area contributed by atoms with Crippen LogP contribution in [0, 0.1) is 5.92 Å². The lowest BCUT2D eigenvalue weighted by Crippen LogP contribution is -2.45. The highest BCUT2D eigenvalue weighted by molar-refractivity contribution is 7.99. The average Bonchev–Trinajstić information content (AvgIpc) is 2.92. The average molecular weight is 329 g/mol. The van der Waals surface area contributed by atoms with Gasteiger partial charge in [0.15, 0.2) is 5.96 Å². The molecular weight excluding hydrogens is 296 g/mol. The lowest BCUT2D eigenvalue weighted by molar-refractivity contribution is -0.133. The van der Waals surface area contributed by atoms with Gasteiger partial charge in [-0.3, -0.25) is 9.79 Å². The number of rotatable bonds is 6. The maximum atomic E-state index is 12.0. The van der Waals surface area contributed by atoms with Gasteiger partial charge in [0, 0.05) is 36.3 Å². The predicted octanol–water partition coefficient (Wildman–Crippen LogP) is 1.94. The molecule has 1 aliphatic heterocycles. The van der Waals surface area contributed by atoms with Crippen LogP contribution in [-0.4, -0.2) is 60.0 Å². The summed E-state index contributed by atoms with van der Waals surface area (Å²) < 4.78 is 0.137. The van der Waals surface area contributed by atoms with E-state index in [0.29, 0.717) is 0 Å². The fraction of sp³-hybridized carbons (Fsp3) is 0.875. The molecule has 1 unspecified atom stereocenters. The third-order valence-corrected chi connectivity index (χ3v) is 5.08. The van der Waals surface area contributed by atoms with Crippen molar-refractivity contribution >= 4 is 23.6 Å². The third kappa shape index (κ3) is 6.07. The first kappa shape index (κ1) is 19.1. The summed E-state index contributed by atoms with van der Waals surface area (Å²) in [5, 5.41) is 6.77. The Morgan fingerprint density at radius 2 is 2.14 bits per heavy atom. The number of likely N-dealkylation sites (tertiary alicyclic amines) is 1. The van der Waals surface area contributed by atoms with E-state index in [2.05, 4.69) is 37.7 Å². The number of nitrogens with zero attached hydrogens (tertiary/aromatic N) is 2. The van der Waals surface area contributed by atoms with Gasteiger partial charge in [-0.25, -0.2) is 0 Å². The molecule has 1 fully saturated rings. The number of aliphatic imine (C=N–C) groups is 1. The summed E-state index contributed by atoms with van der Waals surface area (Å²) in [5.41, 5.74) is 0. The summed E-state index contributed by atoms with van der Waals surface area (Å²) in [6.07, 6.45) is 3.09. The summed E-state index contributed by atoms with van der Waals surface area (Å²) in [4.78, 5) is 18.7. The molecule has 22 heavy (non-hydrogen) atoms.